The smallest absolute Gasteiger partial charge is 0.404 e. The summed E-state index contributed by atoms with van der Waals surface area (Å²) in [7, 11) is 0. The highest BCUT2D eigenvalue weighted by Crippen LogP contribution is 2.29. The minimum Gasteiger partial charge on any atom is -0.465 e. The van der Waals surface area contributed by atoms with Gasteiger partial charge in [-0.1, -0.05) is 0 Å². The quantitative estimate of drug-likeness (QED) is 0.725. The van der Waals surface area contributed by atoms with E-state index >= 15 is 0 Å². The van der Waals surface area contributed by atoms with Crippen molar-refractivity contribution < 1.29 is 14.3 Å². The van der Waals surface area contributed by atoms with Crippen LogP contribution >= 0.6 is 0 Å². The maximum absolute atomic E-state index is 13.3. The van der Waals surface area contributed by atoms with Crippen LogP contribution in [-0.4, -0.2) is 22.2 Å². The second-order valence-corrected chi connectivity index (χ2v) is 4.66. The van der Waals surface area contributed by atoms with Crippen molar-refractivity contribution in [1.29, 1.82) is 0 Å². The molecule has 0 fully saturated rings. The van der Waals surface area contributed by atoms with Gasteiger partial charge in [0.05, 0.1) is 0 Å². The second-order valence-electron chi connectivity index (χ2n) is 4.66. The van der Waals surface area contributed by atoms with Gasteiger partial charge in [0, 0.05) is 22.6 Å². The van der Waals surface area contributed by atoms with Crippen LogP contribution < -0.4 is 5.32 Å². The summed E-state index contributed by atoms with van der Waals surface area (Å²) in [6, 6.07) is 4.57. The first-order valence-electron chi connectivity index (χ1n) is 5.92. The van der Waals surface area contributed by atoms with Crippen molar-refractivity contribution >= 4 is 17.0 Å². The van der Waals surface area contributed by atoms with Crippen LogP contribution in [0.4, 0.5) is 9.18 Å². The van der Waals surface area contributed by atoms with Crippen molar-refractivity contribution in [3.8, 4) is 0 Å². The molecule has 1 aromatic carbocycles. The fraction of sp³-hybridized carbons (Fsp3) is 0.308. The summed E-state index contributed by atoms with van der Waals surface area (Å²) in [6.07, 6.45) is 1.17. The monoisotopic (exact) mass is 248 g/mol. The highest BCUT2D eigenvalue weighted by atomic mass is 19.1. The van der Waals surface area contributed by atoms with Crippen LogP contribution in [0.25, 0.3) is 10.9 Å². The lowest BCUT2D eigenvalue weighted by Crippen LogP contribution is -2.37. The first-order chi connectivity index (χ1) is 8.63. The molecular formula is C13H13FN2O2. The Bertz CT molecular complexity index is 621. The van der Waals surface area contributed by atoms with Gasteiger partial charge in [0.25, 0.3) is 0 Å². The van der Waals surface area contributed by atoms with Gasteiger partial charge in [-0.05, 0) is 43.0 Å². The molecule has 0 unspecified atom stereocenters. The molecule has 1 aromatic heterocycles. The molecule has 2 aromatic rings. The molecule has 0 spiro atoms. The Kier molecular flexibility index (Phi) is 2.47. The van der Waals surface area contributed by atoms with Crippen LogP contribution in [0.2, 0.25) is 0 Å². The number of halogens is 1. The summed E-state index contributed by atoms with van der Waals surface area (Å²) in [6.45, 7) is 0. The average molecular weight is 248 g/mol. The fourth-order valence-electron chi connectivity index (χ4n) is 2.69. The number of aromatic amines is 1. The molecule has 0 radical (unpaired) electrons. The number of benzene rings is 1. The van der Waals surface area contributed by atoms with Gasteiger partial charge in [-0.15, -0.1) is 0 Å². The number of nitrogens with one attached hydrogen (secondary N) is 2. The Labute approximate surface area is 103 Å². The minimum atomic E-state index is -1.01. The highest BCUT2D eigenvalue weighted by Gasteiger charge is 2.23. The van der Waals surface area contributed by atoms with Crippen LogP contribution in [0.15, 0.2) is 18.2 Å². The van der Waals surface area contributed by atoms with Crippen LogP contribution in [-0.2, 0) is 12.8 Å². The summed E-state index contributed by atoms with van der Waals surface area (Å²) in [5.74, 6) is -0.266. The molecule has 1 amide bonds. The standard InChI is InChI=1S/C13H13FN2O2/c14-7-1-3-11-9(5-7)10-6-8(15-13(17)18)2-4-12(10)16-11/h1,3,5,8,15-16H,2,4,6H2,(H,17,18)/t8-/m0/s1. The molecule has 1 heterocycles. The number of carboxylic acid groups (broad SMARTS) is 1. The van der Waals surface area contributed by atoms with Gasteiger partial charge < -0.3 is 15.4 Å². The van der Waals surface area contributed by atoms with E-state index < -0.39 is 6.09 Å². The predicted molar refractivity (Wildman–Crippen MR) is 65.2 cm³/mol. The molecule has 18 heavy (non-hydrogen) atoms. The minimum absolute atomic E-state index is 0.0859. The third-order valence-corrected chi connectivity index (χ3v) is 3.48. The maximum atomic E-state index is 13.3. The number of rotatable bonds is 1. The van der Waals surface area contributed by atoms with Crippen LogP contribution in [0.1, 0.15) is 17.7 Å². The van der Waals surface area contributed by atoms with Crippen molar-refractivity contribution in [2.45, 2.75) is 25.3 Å². The van der Waals surface area contributed by atoms with Crippen LogP contribution in [0.3, 0.4) is 0 Å². The second kappa shape index (κ2) is 4.01. The summed E-state index contributed by atoms with van der Waals surface area (Å²) in [5, 5.41) is 12.1. The number of fused-ring (bicyclic) bond motifs is 3. The van der Waals surface area contributed by atoms with E-state index in [9.17, 15) is 9.18 Å². The Morgan fingerprint density at radius 1 is 1.50 bits per heavy atom. The fourth-order valence-corrected chi connectivity index (χ4v) is 2.69. The predicted octanol–water partition coefficient (Wildman–Crippen LogP) is 2.43. The van der Waals surface area contributed by atoms with Gasteiger partial charge in [0.1, 0.15) is 5.82 Å². The summed E-state index contributed by atoms with van der Waals surface area (Å²) in [4.78, 5) is 13.9. The van der Waals surface area contributed by atoms with Crippen molar-refractivity contribution in [1.82, 2.24) is 10.3 Å². The lowest BCUT2D eigenvalue weighted by Gasteiger charge is -2.22. The van der Waals surface area contributed by atoms with E-state index in [1.807, 2.05) is 0 Å². The number of aryl methyl sites for hydroxylation is 1. The lowest BCUT2D eigenvalue weighted by molar-refractivity contribution is 0.188. The summed E-state index contributed by atoms with van der Waals surface area (Å²) in [5.41, 5.74) is 3.05. The van der Waals surface area contributed by atoms with E-state index in [1.54, 1.807) is 6.07 Å². The van der Waals surface area contributed by atoms with E-state index in [4.69, 9.17) is 5.11 Å². The lowest BCUT2D eigenvalue weighted by atomic mass is 9.91. The van der Waals surface area contributed by atoms with Gasteiger partial charge in [0.15, 0.2) is 0 Å². The molecule has 1 atom stereocenters. The number of amides is 1. The Morgan fingerprint density at radius 2 is 2.33 bits per heavy atom. The molecule has 3 N–H and O–H groups in total. The molecule has 0 saturated heterocycles. The number of carbonyl (C=O) groups is 1. The van der Waals surface area contributed by atoms with Crippen LogP contribution in [0.5, 0.6) is 0 Å². The molecule has 0 saturated carbocycles. The average Bonchev–Trinajstić information content (AvgIpc) is 2.66. The first kappa shape index (κ1) is 11.1. The Balaban J connectivity index is 2.00. The number of aromatic nitrogens is 1. The van der Waals surface area contributed by atoms with Gasteiger partial charge in [-0.3, -0.25) is 0 Å². The van der Waals surface area contributed by atoms with E-state index in [-0.39, 0.29) is 11.9 Å². The first-order valence-corrected chi connectivity index (χ1v) is 5.92. The van der Waals surface area contributed by atoms with Crippen molar-refractivity contribution in [3.05, 3.63) is 35.3 Å². The zero-order valence-electron chi connectivity index (χ0n) is 9.66. The molecule has 1 aliphatic rings. The summed E-state index contributed by atoms with van der Waals surface area (Å²) >= 11 is 0. The van der Waals surface area contributed by atoms with Gasteiger partial charge in [-0.2, -0.15) is 0 Å². The number of H-pyrrole nitrogens is 1. The SMILES string of the molecule is O=C(O)N[C@H]1CCc2[nH]c3ccc(F)cc3c2C1. The Hall–Kier alpha value is -2.04. The van der Waals surface area contributed by atoms with Crippen molar-refractivity contribution in [2.75, 3.05) is 0 Å². The zero-order valence-corrected chi connectivity index (χ0v) is 9.66. The maximum Gasteiger partial charge on any atom is 0.404 e. The number of hydrogen-bond acceptors (Lipinski definition) is 1. The normalized spacial score (nSPS) is 18.6. The van der Waals surface area contributed by atoms with E-state index in [0.29, 0.717) is 6.42 Å². The van der Waals surface area contributed by atoms with E-state index in [0.717, 1.165) is 35.0 Å². The molecular weight excluding hydrogens is 235 g/mol. The van der Waals surface area contributed by atoms with E-state index in [2.05, 4.69) is 10.3 Å². The molecule has 3 rings (SSSR count). The van der Waals surface area contributed by atoms with Crippen molar-refractivity contribution in [3.63, 3.8) is 0 Å². The van der Waals surface area contributed by atoms with Gasteiger partial charge in [0.2, 0.25) is 0 Å². The highest BCUT2D eigenvalue weighted by molar-refractivity contribution is 5.85. The molecule has 1 aliphatic carbocycles. The van der Waals surface area contributed by atoms with Gasteiger partial charge in [-0.25, -0.2) is 9.18 Å². The molecule has 94 valence electrons. The van der Waals surface area contributed by atoms with Gasteiger partial charge >= 0.3 is 6.09 Å². The third kappa shape index (κ3) is 1.81. The molecule has 0 bridgehead atoms. The molecule has 4 nitrogen and oxygen atoms in total. The van der Waals surface area contributed by atoms with E-state index in [1.165, 1.54) is 12.1 Å². The third-order valence-electron chi connectivity index (χ3n) is 3.48. The largest absolute Gasteiger partial charge is 0.465 e. The molecule has 5 heteroatoms. The number of hydrogen-bond donors (Lipinski definition) is 3. The Morgan fingerprint density at radius 3 is 3.11 bits per heavy atom. The molecule has 0 aliphatic heterocycles. The van der Waals surface area contributed by atoms with Crippen molar-refractivity contribution in [2.24, 2.45) is 0 Å². The topological polar surface area (TPSA) is 65.1 Å². The summed E-state index contributed by atoms with van der Waals surface area (Å²) < 4.78 is 13.3. The van der Waals surface area contributed by atoms with Crippen LogP contribution in [0, 0.1) is 5.82 Å². The zero-order chi connectivity index (χ0) is 12.7.